The highest BCUT2D eigenvalue weighted by Gasteiger charge is 2.22. The second kappa shape index (κ2) is 4.37. The van der Waals surface area contributed by atoms with Gasteiger partial charge in [0.05, 0.1) is 0 Å². The highest BCUT2D eigenvalue weighted by Crippen LogP contribution is 2.16. The first kappa shape index (κ1) is 11.3. The first-order chi connectivity index (χ1) is 7.54. The van der Waals surface area contributed by atoms with Crippen LogP contribution < -0.4 is 10.2 Å². The molecule has 1 aliphatic rings. The van der Waals surface area contributed by atoms with Crippen molar-refractivity contribution in [1.29, 1.82) is 0 Å². The van der Waals surface area contributed by atoms with Crippen molar-refractivity contribution in [2.75, 3.05) is 18.0 Å². The summed E-state index contributed by atoms with van der Waals surface area (Å²) in [7, 11) is 0. The number of aryl methyl sites for hydroxylation is 2. The Morgan fingerprint density at radius 3 is 2.38 bits per heavy atom. The summed E-state index contributed by atoms with van der Waals surface area (Å²) in [5, 5.41) is 3.52. The third-order valence-corrected chi connectivity index (χ3v) is 2.83. The van der Waals surface area contributed by atoms with Crippen LogP contribution in [0.3, 0.4) is 0 Å². The Morgan fingerprint density at radius 1 is 1.19 bits per heavy atom. The normalized spacial score (nSPS) is 25.9. The van der Waals surface area contributed by atoms with Crippen LogP contribution in [-0.4, -0.2) is 35.1 Å². The zero-order valence-electron chi connectivity index (χ0n) is 10.5. The van der Waals surface area contributed by atoms with Crippen LogP contribution in [0.25, 0.3) is 0 Å². The minimum Gasteiger partial charge on any atom is -0.353 e. The van der Waals surface area contributed by atoms with Crippen molar-refractivity contribution >= 4 is 5.82 Å². The second-order valence-electron chi connectivity index (χ2n) is 4.79. The zero-order valence-corrected chi connectivity index (χ0v) is 10.5. The van der Waals surface area contributed by atoms with E-state index in [-0.39, 0.29) is 0 Å². The van der Waals surface area contributed by atoms with Crippen LogP contribution in [0.1, 0.15) is 25.4 Å². The minimum absolute atomic E-state index is 0.513. The molecule has 2 rings (SSSR count). The number of hydrogen-bond donors (Lipinski definition) is 1. The molecule has 88 valence electrons. The standard InChI is InChI=1S/C12H20N4/c1-8-5-12(15-11(4)14-8)16-6-9(2)13-10(3)7-16/h5,9-10,13H,6-7H2,1-4H3. The number of piperazine rings is 1. The van der Waals surface area contributed by atoms with Crippen molar-refractivity contribution < 1.29 is 0 Å². The largest absolute Gasteiger partial charge is 0.353 e. The van der Waals surface area contributed by atoms with E-state index in [9.17, 15) is 0 Å². The summed E-state index contributed by atoms with van der Waals surface area (Å²) < 4.78 is 0. The minimum atomic E-state index is 0.513. The predicted octanol–water partition coefficient (Wildman–Crippen LogP) is 1.28. The lowest BCUT2D eigenvalue weighted by Gasteiger charge is -2.37. The molecular formula is C12H20N4. The smallest absolute Gasteiger partial charge is 0.132 e. The molecule has 0 radical (unpaired) electrons. The third kappa shape index (κ3) is 2.50. The van der Waals surface area contributed by atoms with E-state index >= 15 is 0 Å². The highest BCUT2D eigenvalue weighted by atomic mass is 15.3. The average molecular weight is 220 g/mol. The van der Waals surface area contributed by atoms with Crippen LogP contribution in [0, 0.1) is 13.8 Å². The van der Waals surface area contributed by atoms with E-state index in [1.807, 2.05) is 13.8 Å². The quantitative estimate of drug-likeness (QED) is 0.774. The van der Waals surface area contributed by atoms with Crippen molar-refractivity contribution in [2.24, 2.45) is 0 Å². The molecule has 1 aliphatic heterocycles. The van der Waals surface area contributed by atoms with Gasteiger partial charge in [0.2, 0.25) is 0 Å². The molecule has 1 fully saturated rings. The van der Waals surface area contributed by atoms with Crippen LogP contribution in [0.5, 0.6) is 0 Å². The van der Waals surface area contributed by atoms with Gasteiger partial charge in [0.25, 0.3) is 0 Å². The molecule has 0 aromatic carbocycles. The Balaban J connectivity index is 2.22. The van der Waals surface area contributed by atoms with Gasteiger partial charge in [-0.25, -0.2) is 9.97 Å². The van der Waals surface area contributed by atoms with E-state index in [1.54, 1.807) is 0 Å². The lowest BCUT2D eigenvalue weighted by atomic mass is 10.1. The van der Waals surface area contributed by atoms with Crippen LogP contribution in [0.4, 0.5) is 5.82 Å². The van der Waals surface area contributed by atoms with Crippen LogP contribution in [-0.2, 0) is 0 Å². The van der Waals surface area contributed by atoms with Gasteiger partial charge in [-0.2, -0.15) is 0 Å². The van der Waals surface area contributed by atoms with Gasteiger partial charge in [-0.05, 0) is 27.7 Å². The lowest BCUT2D eigenvalue weighted by molar-refractivity contribution is 0.405. The summed E-state index contributed by atoms with van der Waals surface area (Å²) in [5.74, 6) is 1.92. The van der Waals surface area contributed by atoms with E-state index in [1.165, 1.54) is 0 Å². The summed E-state index contributed by atoms with van der Waals surface area (Å²) in [6.07, 6.45) is 0. The molecule has 4 nitrogen and oxygen atoms in total. The number of aromatic nitrogens is 2. The average Bonchev–Trinajstić information content (AvgIpc) is 2.14. The Labute approximate surface area is 97.1 Å². The van der Waals surface area contributed by atoms with Gasteiger partial charge in [0.1, 0.15) is 11.6 Å². The molecule has 2 unspecified atom stereocenters. The number of anilines is 1. The molecule has 0 bridgehead atoms. The lowest BCUT2D eigenvalue weighted by Crippen LogP contribution is -2.54. The van der Waals surface area contributed by atoms with Crippen LogP contribution >= 0.6 is 0 Å². The number of hydrogen-bond acceptors (Lipinski definition) is 4. The fraction of sp³-hybridized carbons (Fsp3) is 0.667. The van der Waals surface area contributed by atoms with Gasteiger partial charge in [0, 0.05) is 36.9 Å². The van der Waals surface area contributed by atoms with E-state index in [2.05, 4.69) is 40.1 Å². The summed E-state index contributed by atoms with van der Waals surface area (Å²) in [4.78, 5) is 11.2. The molecular weight excluding hydrogens is 200 g/mol. The topological polar surface area (TPSA) is 41.0 Å². The Bertz CT molecular complexity index is 347. The Morgan fingerprint density at radius 2 is 1.81 bits per heavy atom. The molecule has 1 saturated heterocycles. The first-order valence-corrected chi connectivity index (χ1v) is 5.88. The molecule has 2 heterocycles. The number of nitrogens with one attached hydrogen (secondary N) is 1. The van der Waals surface area contributed by atoms with Gasteiger partial charge in [-0.3, -0.25) is 0 Å². The zero-order chi connectivity index (χ0) is 11.7. The summed E-state index contributed by atoms with van der Waals surface area (Å²) in [5.41, 5.74) is 1.04. The van der Waals surface area contributed by atoms with Crippen LogP contribution in [0.15, 0.2) is 6.07 Å². The highest BCUT2D eigenvalue weighted by molar-refractivity contribution is 5.40. The number of rotatable bonds is 1. The fourth-order valence-electron chi connectivity index (χ4n) is 2.37. The summed E-state index contributed by atoms with van der Waals surface area (Å²) in [6, 6.07) is 3.09. The molecule has 0 amide bonds. The SMILES string of the molecule is Cc1cc(N2CC(C)NC(C)C2)nc(C)n1. The Hall–Kier alpha value is -1.16. The van der Waals surface area contributed by atoms with E-state index in [0.29, 0.717) is 12.1 Å². The van der Waals surface area contributed by atoms with Crippen molar-refractivity contribution in [1.82, 2.24) is 15.3 Å². The maximum absolute atomic E-state index is 4.51. The van der Waals surface area contributed by atoms with Gasteiger partial charge in [0.15, 0.2) is 0 Å². The molecule has 1 aromatic heterocycles. The van der Waals surface area contributed by atoms with Gasteiger partial charge in [-0.15, -0.1) is 0 Å². The molecule has 1 aromatic rings. The first-order valence-electron chi connectivity index (χ1n) is 5.88. The molecule has 0 aliphatic carbocycles. The fourth-order valence-corrected chi connectivity index (χ4v) is 2.37. The monoisotopic (exact) mass is 220 g/mol. The third-order valence-electron chi connectivity index (χ3n) is 2.83. The molecule has 0 spiro atoms. The van der Waals surface area contributed by atoms with Crippen molar-refractivity contribution in [3.63, 3.8) is 0 Å². The van der Waals surface area contributed by atoms with Gasteiger partial charge < -0.3 is 10.2 Å². The van der Waals surface area contributed by atoms with E-state index in [0.717, 1.165) is 30.4 Å². The number of nitrogens with zero attached hydrogens (tertiary/aromatic N) is 3. The van der Waals surface area contributed by atoms with Gasteiger partial charge in [-0.1, -0.05) is 0 Å². The summed E-state index contributed by atoms with van der Waals surface area (Å²) in [6.45, 7) is 10.4. The Kier molecular flexibility index (Phi) is 3.10. The molecule has 0 saturated carbocycles. The van der Waals surface area contributed by atoms with Gasteiger partial charge >= 0.3 is 0 Å². The molecule has 16 heavy (non-hydrogen) atoms. The molecule has 4 heteroatoms. The molecule has 1 N–H and O–H groups in total. The maximum atomic E-state index is 4.51. The van der Waals surface area contributed by atoms with E-state index in [4.69, 9.17) is 0 Å². The van der Waals surface area contributed by atoms with Crippen molar-refractivity contribution in [3.05, 3.63) is 17.6 Å². The van der Waals surface area contributed by atoms with E-state index < -0.39 is 0 Å². The van der Waals surface area contributed by atoms with Crippen molar-refractivity contribution in [3.8, 4) is 0 Å². The van der Waals surface area contributed by atoms with Crippen molar-refractivity contribution in [2.45, 2.75) is 39.8 Å². The summed E-state index contributed by atoms with van der Waals surface area (Å²) >= 11 is 0. The molecule has 2 atom stereocenters. The van der Waals surface area contributed by atoms with Crippen LogP contribution in [0.2, 0.25) is 0 Å². The predicted molar refractivity (Wildman–Crippen MR) is 65.8 cm³/mol. The maximum Gasteiger partial charge on any atom is 0.132 e. The second-order valence-corrected chi connectivity index (χ2v) is 4.79.